The van der Waals surface area contributed by atoms with Crippen molar-refractivity contribution in [1.82, 2.24) is 5.32 Å². The summed E-state index contributed by atoms with van der Waals surface area (Å²) in [5.41, 5.74) is 1.02. The van der Waals surface area contributed by atoms with Crippen molar-refractivity contribution in [3.63, 3.8) is 0 Å². The molecule has 0 amide bonds. The molecule has 0 bridgehead atoms. The maximum Gasteiger partial charge on any atom is 0.165 e. The maximum absolute atomic E-state index is 6.15. The topological polar surface area (TPSA) is 39.7 Å². The van der Waals surface area contributed by atoms with E-state index in [1.165, 1.54) is 0 Å². The van der Waals surface area contributed by atoms with Gasteiger partial charge in [0.15, 0.2) is 11.5 Å². The van der Waals surface area contributed by atoms with Gasteiger partial charge in [0, 0.05) is 36.3 Å². The minimum atomic E-state index is 0.325. The average Bonchev–Trinajstić information content (AvgIpc) is 2.99. The molecule has 1 heterocycles. The van der Waals surface area contributed by atoms with Gasteiger partial charge in [0.1, 0.15) is 0 Å². The fourth-order valence-electron chi connectivity index (χ4n) is 2.45. The van der Waals surface area contributed by atoms with E-state index in [4.69, 9.17) is 25.8 Å². The third-order valence-electron chi connectivity index (χ3n) is 3.48. The molecule has 1 saturated heterocycles. The van der Waals surface area contributed by atoms with E-state index >= 15 is 0 Å². The smallest absolute Gasteiger partial charge is 0.165 e. The SMILES string of the molecule is CCCOc1c(CNC[C@H]2CCCO2)cc(Cl)cc1OC. The number of halogens is 1. The van der Waals surface area contributed by atoms with E-state index in [2.05, 4.69) is 12.2 Å². The highest BCUT2D eigenvalue weighted by molar-refractivity contribution is 6.30. The van der Waals surface area contributed by atoms with Crippen molar-refractivity contribution >= 4 is 11.6 Å². The van der Waals surface area contributed by atoms with E-state index in [0.717, 1.165) is 43.7 Å². The number of hydrogen-bond acceptors (Lipinski definition) is 4. The third-order valence-corrected chi connectivity index (χ3v) is 3.70. The van der Waals surface area contributed by atoms with Gasteiger partial charge in [-0.25, -0.2) is 0 Å². The minimum Gasteiger partial charge on any atom is -0.493 e. The second-order valence-electron chi connectivity index (χ2n) is 5.21. The van der Waals surface area contributed by atoms with Crippen LogP contribution in [0.3, 0.4) is 0 Å². The molecule has 0 aliphatic carbocycles. The Kier molecular flexibility index (Phi) is 6.61. The van der Waals surface area contributed by atoms with Crippen LogP contribution in [0, 0.1) is 0 Å². The van der Waals surface area contributed by atoms with Crippen molar-refractivity contribution in [2.45, 2.75) is 38.8 Å². The summed E-state index contributed by atoms with van der Waals surface area (Å²) in [5.74, 6) is 1.47. The fraction of sp³-hybridized carbons (Fsp3) is 0.625. The van der Waals surface area contributed by atoms with E-state index in [1.807, 2.05) is 6.07 Å². The van der Waals surface area contributed by atoms with Crippen molar-refractivity contribution in [3.05, 3.63) is 22.7 Å². The lowest BCUT2D eigenvalue weighted by Crippen LogP contribution is -2.26. The molecule has 0 aromatic heterocycles. The highest BCUT2D eigenvalue weighted by Gasteiger charge is 2.16. The van der Waals surface area contributed by atoms with E-state index in [0.29, 0.717) is 30.0 Å². The summed E-state index contributed by atoms with van der Waals surface area (Å²) in [6.45, 7) is 5.16. The Morgan fingerprint density at radius 2 is 2.29 bits per heavy atom. The number of ether oxygens (including phenoxy) is 3. The average molecular weight is 314 g/mol. The quantitative estimate of drug-likeness (QED) is 0.798. The molecule has 4 nitrogen and oxygen atoms in total. The predicted molar refractivity (Wildman–Crippen MR) is 84.5 cm³/mol. The van der Waals surface area contributed by atoms with Crippen molar-refractivity contribution in [2.75, 3.05) is 26.9 Å². The zero-order chi connectivity index (χ0) is 15.1. The normalized spacial score (nSPS) is 18.0. The summed E-state index contributed by atoms with van der Waals surface area (Å²) in [4.78, 5) is 0. The largest absolute Gasteiger partial charge is 0.493 e. The second-order valence-corrected chi connectivity index (χ2v) is 5.65. The van der Waals surface area contributed by atoms with Gasteiger partial charge in [0.25, 0.3) is 0 Å². The van der Waals surface area contributed by atoms with Gasteiger partial charge in [-0.1, -0.05) is 18.5 Å². The molecule has 1 atom stereocenters. The van der Waals surface area contributed by atoms with Crippen LogP contribution in [0.25, 0.3) is 0 Å². The number of benzene rings is 1. The van der Waals surface area contributed by atoms with Crippen LogP contribution in [0.5, 0.6) is 11.5 Å². The molecule has 1 aromatic rings. The summed E-state index contributed by atoms with van der Waals surface area (Å²) in [6, 6.07) is 3.72. The van der Waals surface area contributed by atoms with Crippen LogP contribution in [0.4, 0.5) is 0 Å². The third kappa shape index (κ3) is 4.77. The Morgan fingerprint density at radius 1 is 1.43 bits per heavy atom. The molecule has 0 spiro atoms. The first-order valence-corrected chi connectivity index (χ1v) is 7.94. The Hall–Kier alpha value is -0.970. The van der Waals surface area contributed by atoms with Gasteiger partial charge < -0.3 is 19.5 Å². The summed E-state index contributed by atoms with van der Waals surface area (Å²) in [6.07, 6.45) is 3.56. The zero-order valence-corrected chi connectivity index (χ0v) is 13.5. The number of methoxy groups -OCH3 is 1. The number of nitrogens with one attached hydrogen (secondary N) is 1. The lowest BCUT2D eigenvalue weighted by Gasteiger charge is -2.17. The number of hydrogen-bond donors (Lipinski definition) is 1. The molecule has 1 aliphatic heterocycles. The van der Waals surface area contributed by atoms with Gasteiger partial charge >= 0.3 is 0 Å². The minimum absolute atomic E-state index is 0.325. The van der Waals surface area contributed by atoms with Crippen LogP contribution in [-0.4, -0.2) is 33.0 Å². The van der Waals surface area contributed by atoms with Gasteiger partial charge in [0.2, 0.25) is 0 Å². The predicted octanol–water partition coefficient (Wildman–Crippen LogP) is 3.41. The van der Waals surface area contributed by atoms with E-state index in [9.17, 15) is 0 Å². The fourth-order valence-corrected chi connectivity index (χ4v) is 2.68. The van der Waals surface area contributed by atoms with E-state index in [-0.39, 0.29) is 0 Å². The zero-order valence-electron chi connectivity index (χ0n) is 12.8. The Bertz CT molecular complexity index is 447. The Morgan fingerprint density at radius 3 is 2.95 bits per heavy atom. The van der Waals surface area contributed by atoms with Crippen LogP contribution in [0.1, 0.15) is 31.7 Å². The van der Waals surface area contributed by atoms with Crippen molar-refractivity contribution in [2.24, 2.45) is 0 Å². The second kappa shape index (κ2) is 8.47. The molecule has 1 aromatic carbocycles. The summed E-state index contributed by atoms with van der Waals surface area (Å²) in [7, 11) is 1.63. The molecule has 0 saturated carbocycles. The van der Waals surface area contributed by atoms with Crippen LogP contribution in [0.15, 0.2) is 12.1 Å². The highest BCUT2D eigenvalue weighted by atomic mass is 35.5. The molecule has 1 N–H and O–H groups in total. The molecule has 5 heteroatoms. The highest BCUT2D eigenvalue weighted by Crippen LogP contribution is 2.34. The first-order valence-electron chi connectivity index (χ1n) is 7.56. The maximum atomic E-state index is 6.15. The van der Waals surface area contributed by atoms with Gasteiger partial charge in [-0.15, -0.1) is 0 Å². The van der Waals surface area contributed by atoms with Crippen LogP contribution in [0.2, 0.25) is 5.02 Å². The monoisotopic (exact) mass is 313 g/mol. The summed E-state index contributed by atoms with van der Waals surface area (Å²) < 4.78 is 16.8. The van der Waals surface area contributed by atoms with Gasteiger partial charge in [-0.3, -0.25) is 0 Å². The van der Waals surface area contributed by atoms with Crippen molar-refractivity contribution < 1.29 is 14.2 Å². The molecular weight excluding hydrogens is 290 g/mol. The van der Waals surface area contributed by atoms with Gasteiger partial charge in [0.05, 0.1) is 19.8 Å². The molecular formula is C16H24ClNO3. The Balaban J connectivity index is 2.02. The van der Waals surface area contributed by atoms with Crippen LogP contribution >= 0.6 is 11.6 Å². The first-order chi connectivity index (χ1) is 10.2. The lowest BCUT2D eigenvalue weighted by molar-refractivity contribution is 0.110. The molecule has 2 rings (SSSR count). The number of rotatable bonds is 8. The molecule has 0 radical (unpaired) electrons. The van der Waals surface area contributed by atoms with Crippen molar-refractivity contribution in [1.29, 1.82) is 0 Å². The first kappa shape index (κ1) is 16.4. The van der Waals surface area contributed by atoms with Crippen LogP contribution in [-0.2, 0) is 11.3 Å². The summed E-state index contributed by atoms with van der Waals surface area (Å²) in [5, 5.41) is 4.08. The molecule has 1 fully saturated rings. The molecule has 21 heavy (non-hydrogen) atoms. The van der Waals surface area contributed by atoms with E-state index < -0.39 is 0 Å². The van der Waals surface area contributed by atoms with E-state index in [1.54, 1.807) is 13.2 Å². The Labute approximate surface area is 131 Å². The van der Waals surface area contributed by atoms with Gasteiger partial charge in [-0.05, 0) is 25.3 Å². The molecule has 118 valence electrons. The van der Waals surface area contributed by atoms with Crippen LogP contribution < -0.4 is 14.8 Å². The lowest BCUT2D eigenvalue weighted by atomic mass is 10.1. The van der Waals surface area contributed by atoms with Gasteiger partial charge in [-0.2, -0.15) is 0 Å². The standard InChI is InChI=1S/C16H24ClNO3/c1-3-6-21-16-12(8-13(17)9-15(16)19-2)10-18-11-14-5-4-7-20-14/h8-9,14,18H,3-7,10-11H2,1-2H3/t14-/m1/s1. The molecule has 1 aliphatic rings. The molecule has 0 unspecified atom stereocenters. The van der Waals surface area contributed by atoms with Crippen molar-refractivity contribution in [3.8, 4) is 11.5 Å². The summed E-state index contributed by atoms with van der Waals surface area (Å²) >= 11 is 6.15.